The van der Waals surface area contributed by atoms with E-state index in [-0.39, 0.29) is 11.4 Å². The van der Waals surface area contributed by atoms with Gasteiger partial charge in [0.2, 0.25) is 5.75 Å². The molecular formula is C15H19NO5. The summed E-state index contributed by atoms with van der Waals surface area (Å²) in [6.45, 7) is 11.2. The third kappa shape index (κ3) is 3.81. The quantitative estimate of drug-likeness (QED) is 0.363. The summed E-state index contributed by atoms with van der Waals surface area (Å²) in [5, 5.41) is 11.3. The Bertz CT molecular complexity index is 599. The van der Waals surface area contributed by atoms with Crippen LogP contribution in [-0.4, -0.2) is 18.2 Å². The molecule has 6 nitrogen and oxygen atoms in total. The molecule has 6 heteroatoms. The Morgan fingerprint density at radius 1 is 1.33 bits per heavy atom. The van der Waals surface area contributed by atoms with Crippen molar-refractivity contribution in [3.05, 3.63) is 40.0 Å². The fraction of sp³-hybridized carbons (Fsp3) is 0.400. The van der Waals surface area contributed by atoms with Gasteiger partial charge in [-0.15, -0.1) is 0 Å². The lowest BCUT2D eigenvalue weighted by Gasteiger charge is -2.22. The molecule has 0 unspecified atom stereocenters. The Labute approximate surface area is 123 Å². The molecule has 0 saturated carbocycles. The largest absolute Gasteiger partial charge is 0.513 e. The minimum Gasteiger partial charge on any atom is -0.437 e. The van der Waals surface area contributed by atoms with Gasteiger partial charge in [0.1, 0.15) is 0 Å². The van der Waals surface area contributed by atoms with Crippen LogP contribution in [0.3, 0.4) is 0 Å². The van der Waals surface area contributed by atoms with Gasteiger partial charge >= 0.3 is 11.8 Å². The van der Waals surface area contributed by atoms with E-state index in [1.54, 1.807) is 13.0 Å². The van der Waals surface area contributed by atoms with Crippen LogP contribution in [0.1, 0.15) is 38.8 Å². The molecule has 1 aromatic rings. The number of carbonyl (C=O) groups is 1. The van der Waals surface area contributed by atoms with Crippen molar-refractivity contribution < 1.29 is 19.2 Å². The van der Waals surface area contributed by atoms with Crippen molar-refractivity contribution in [2.24, 2.45) is 0 Å². The van der Waals surface area contributed by atoms with Crippen LogP contribution in [0.2, 0.25) is 0 Å². The van der Waals surface area contributed by atoms with Crippen LogP contribution < -0.4 is 4.74 Å². The number of nitro groups is 1. The third-order valence-electron chi connectivity index (χ3n) is 2.92. The molecule has 114 valence electrons. The normalized spacial score (nSPS) is 10.9. The summed E-state index contributed by atoms with van der Waals surface area (Å²) in [5.41, 5.74) is 1.11. The number of nitrogens with zero attached hydrogens (tertiary/aromatic N) is 1. The number of allylic oxidation sites excluding steroid dienone is 1. The molecule has 0 aliphatic carbocycles. The Morgan fingerprint density at radius 2 is 1.90 bits per heavy atom. The summed E-state index contributed by atoms with van der Waals surface area (Å²) in [6.07, 6.45) is -0.994. The van der Waals surface area contributed by atoms with Gasteiger partial charge in [0.25, 0.3) is 0 Å². The van der Waals surface area contributed by atoms with E-state index >= 15 is 0 Å². The summed E-state index contributed by atoms with van der Waals surface area (Å²) in [4.78, 5) is 22.1. The van der Waals surface area contributed by atoms with Crippen molar-refractivity contribution in [3.63, 3.8) is 0 Å². The van der Waals surface area contributed by atoms with E-state index < -0.39 is 16.5 Å². The van der Waals surface area contributed by atoms with Crippen molar-refractivity contribution >= 4 is 17.4 Å². The minimum atomic E-state index is -0.994. The number of hydrogen-bond acceptors (Lipinski definition) is 5. The first-order chi connectivity index (χ1) is 9.57. The van der Waals surface area contributed by atoms with Gasteiger partial charge in [0.05, 0.1) is 12.0 Å². The predicted octanol–water partition coefficient (Wildman–Crippen LogP) is 4.07. The van der Waals surface area contributed by atoms with Crippen molar-refractivity contribution in [2.75, 3.05) is 7.11 Å². The van der Waals surface area contributed by atoms with Gasteiger partial charge in [0, 0.05) is 11.6 Å². The molecule has 0 amide bonds. The van der Waals surface area contributed by atoms with E-state index in [1.807, 2.05) is 20.8 Å². The van der Waals surface area contributed by atoms with Crippen LogP contribution in [0.15, 0.2) is 18.7 Å². The zero-order chi connectivity index (χ0) is 16.4. The topological polar surface area (TPSA) is 78.7 Å². The summed E-state index contributed by atoms with van der Waals surface area (Å²) in [5.74, 6) is -0.0932. The van der Waals surface area contributed by atoms with E-state index in [4.69, 9.17) is 4.74 Å². The number of hydrogen-bond donors (Lipinski definition) is 0. The zero-order valence-corrected chi connectivity index (χ0v) is 12.9. The van der Waals surface area contributed by atoms with Crippen molar-refractivity contribution in [1.82, 2.24) is 0 Å². The molecule has 0 heterocycles. The lowest BCUT2D eigenvalue weighted by atomic mass is 9.84. The van der Waals surface area contributed by atoms with Gasteiger partial charge in [-0.2, -0.15) is 0 Å². The summed E-state index contributed by atoms with van der Waals surface area (Å²) in [7, 11) is 1.15. The van der Waals surface area contributed by atoms with E-state index in [0.717, 1.165) is 7.11 Å². The number of carbonyl (C=O) groups excluding carboxylic acids is 1. The molecule has 0 radical (unpaired) electrons. The number of nitro benzene ring substituents is 1. The van der Waals surface area contributed by atoms with Gasteiger partial charge in [-0.25, -0.2) is 4.79 Å². The van der Waals surface area contributed by atoms with Gasteiger partial charge in [0.15, 0.2) is 0 Å². The SMILES string of the molecule is C=C(C)c1cc([N+](=O)[O-])c(OC(=O)OC)c(C(C)(C)C)c1. The average Bonchev–Trinajstić information content (AvgIpc) is 2.36. The molecule has 0 N–H and O–H groups in total. The van der Waals surface area contributed by atoms with Gasteiger partial charge in [-0.05, 0) is 24.0 Å². The lowest BCUT2D eigenvalue weighted by Crippen LogP contribution is -2.18. The second kappa shape index (κ2) is 5.95. The van der Waals surface area contributed by atoms with Crippen LogP contribution in [0.4, 0.5) is 10.5 Å². The van der Waals surface area contributed by atoms with E-state index in [2.05, 4.69) is 11.3 Å². The van der Waals surface area contributed by atoms with Gasteiger partial charge < -0.3 is 9.47 Å². The number of rotatable bonds is 3. The van der Waals surface area contributed by atoms with Crippen LogP contribution in [0, 0.1) is 10.1 Å². The second-order valence-corrected chi connectivity index (χ2v) is 5.72. The maximum Gasteiger partial charge on any atom is 0.513 e. The van der Waals surface area contributed by atoms with E-state index in [0.29, 0.717) is 16.7 Å². The number of ether oxygens (including phenoxy) is 2. The van der Waals surface area contributed by atoms with Gasteiger partial charge in [-0.1, -0.05) is 32.9 Å². The Kier molecular flexibility index (Phi) is 4.73. The molecule has 1 aromatic carbocycles. The van der Waals surface area contributed by atoms with E-state index in [9.17, 15) is 14.9 Å². The highest BCUT2D eigenvalue weighted by Crippen LogP contribution is 2.40. The molecule has 0 aromatic heterocycles. The first-order valence-corrected chi connectivity index (χ1v) is 6.32. The standard InChI is InChI=1S/C15H19NO5/c1-9(2)10-7-11(15(3,4)5)13(21-14(17)20-6)12(8-10)16(18)19/h7-8H,1H2,2-6H3. The number of methoxy groups -OCH3 is 1. The lowest BCUT2D eigenvalue weighted by molar-refractivity contribution is -0.385. The van der Waals surface area contributed by atoms with Crippen molar-refractivity contribution in [2.45, 2.75) is 33.1 Å². The highest BCUT2D eigenvalue weighted by atomic mass is 16.7. The first-order valence-electron chi connectivity index (χ1n) is 6.32. The van der Waals surface area contributed by atoms with E-state index in [1.165, 1.54) is 6.07 Å². The molecule has 0 atom stereocenters. The van der Waals surface area contributed by atoms with Crippen molar-refractivity contribution in [3.8, 4) is 5.75 Å². The molecule has 0 aliphatic rings. The predicted molar refractivity (Wildman–Crippen MR) is 79.5 cm³/mol. The fourth-order valence-corrected chi connectivity index (χ4v) is 1.78. The fourth-order valence-electron chi connectivity index (χ4n) is 1.78. The summed E-state index contributed by atoms with van der Waals surface area (Å²) >= 11 is 0. The Balaban J connectivity index is 3.66. The smallest absolute Gasteiger partial charge is 0.437 e. The molecule has 0 aliphatic heterocycles. The highest BCUT2D eigenvalue weighted by Gasteiger charge is 2.30. The monoisotopic (exact) mass is 293 g/mol. The first kappa shape index (κ1) is 16.7. The number of benzene rings is 1. The molecule has 0 bridgehead atoms. The molecular weight excluding hydrogens is 274 g/mol. The second-order valence-electron chi connectivity index (χ2n) is 5.72. The van der Waals surface area contributed by atoms with Crippen LogP contribution >= 0.6 is 0 Å². The van der Waals surface area contributed by atoms with Crippen molar-refractivity contribution in [1.29, 1.82) is 0 Å². The molecule has 21 heavy (non-hydrogen) atoms. The maximum absolute atomic E-state index is 11.4. The molecule has 0 fully saturated rings. The average molecular weight is 293 g/mol. The van der Waals surface area contributed by atoms with Crippen LogP contribution in [-0.2, 0) is 10.2 Å². The summed E-state index contributed by atoms with van der Waals surface area (Å²) in [6, 6.07) is 3.09. The summed E-state index contributed by atoms with van der Waals surface area (Å²) < 4.78 is 9.45. The minimum absolute atomic E-state index is 0.0932. The van der Waals surface area contributed by atoms with Crippen LogP contribution in [0.5, 0.6) is 5.75 Å². The third-order valence-corrected chi connectivity index (χ3v) is 2.92. The van der Waals surface area contributed by atoms with Crippen LogP contribution in [0.25, 0.3) is 5.57 Å². The highest BCUT2D eigenvalue weighted by molar-refractivity contribution is 5.73. The zero-order valence-electron chi connectivity index (χ0n) is 12.9. The molecule has 0 saturated heterocycles. The molecule has 1 rings (SSSR count). The Hall–Kier alpha value is -2.37. The molecule has 0 spiro atoms. The Morgan fingerprint density at radius 3 is 2.29 bits per heavy atom. The van der Waals surface area contributed by atoms with Gasteiger partial charge in [-0.3, -0.25) is 10.1 Å². The maximum atomic E-state index is 11.4.